The van der Waals surface area contributed by atoms with Crippen LogP contribution in [0.3, 0.4) is 0 Å². The molecule has 1 N–H and O–H groups in total. The minimum absolute atomic E-state index is 0.0673. The van der Waals surface area contributed by atoms with Crippen LogP contribution in [-0.4, -0.2) is 47.1 Å². The maximum absolute atomic E-state index is 13.9. The van der Waals surface area contributed by atoms with Crippen molar-refractivity contribution in [2.24, 2.45) is 0 Å². The molecule has 3 aromatic carbocycles. The Balaban J connectivity index is 1.78. The highest BCUT2D eigenvalue weighted by Crippen LogP contribution is 2.30. The molecule has 180 valence electrons. The summed E-state index contributed by atoms with van der Waals surface area (Å²) in [6, 6.07) is 21.7. The monoisotopic (exact) mass is 471 g/mol. The zero-order valence-electron chi connectivity index (χ0n) is 20.1. The summed E-state index contributed by atoms with van der Waals surface area (Å²) >= 11 is 0. The quantitative estimate of drug-likeness (QED) is 0.377. The van der Waals surface area contributed by atoms with Gasteiger partial charge in [-0.2, -0.15) is 0 Å². The van der Waals surface area contributed by atoms with Gasteiger partial charge >= 0.3 is 0 Å². The van der Waals surface area contributed by atoms with Crippen LogP contribution in [-0.2, 0) is 20.9 Å². The van der Waals surface area contributed by atoms with Crippen LogP contribution < -0.4 is 10.2 Å². The van der Waals surface area contributed by atoms with Gasteiger partial charge in [-0.1, -0.05) is 53.7 Å². The highest BCUT2D eigenvalue weighted by Gasteiger charge is 2.33. The normalized spacial score (nSPS) is 11.9. The van der Waals surface area contributed by atoms with Crippen LogP contribution in [0, 0.1) is 13.8 Å². The lowest BCUT2D eigenvalue weighted by Gasteiger charge is -2.32. The molecule has 0 saturated carbocycles. The first kappa shape index (κ1) is 24.1. The number of anilines is 1. The summed E-state index contributed by atoms with van der Waals surface area (Å²) in [5.41, 5.74) is 4.93. The molecule has 0 aliphatic carbocycles. The topological polar surface area (TPSA) is 89.4 Å². The van der Waals surface area contributed by atoms with E-state index in [1.807, 2.05) is 86.6 Å². The molecule has 1 aromatic heterocycles. The summed E-state index contributed by atoms with van der Waals surface area (Å²) in [7, 11) is 1.58. The maximum atomic E-state index is 13.9. The highest BCUT2D eigenvalue weighted by atomic mass is 16.5. The van der Waals surface area contributed by atoms with E-state index in [4.69, 9.17) is 4.74 Å². The second kappa shape index (κ2) is 10.9. The molecule has 0 aliphatic heterocycles. The zero-order valence-corrected chi connectivity index (χ0v) is 20.1. The molecule has 1 heterocycles. The molecule has 0 fully saturated rings. The number of carbonyl (C=O) groups is 2. The molecule has 1 atom stereocenters. The smallest absolute Gasteiger partial charge is 0.249 e. The Bertz CT molecular complexity index is 1320. The van der Waals surface area contributed by atoms with E-state index in [2.05, 4.69) is 15.6 Å². The van der Waals surface area contributed by atoms with Gasteiger partial charge in [-0.05, 0) is 54.8 Å². The van der Waals surface area contributed by atoms with Crippen molar-refractivity contribution in [3.05, 3.63) is 89.5 Å². The van der Waals surface area contributed by atoms with Crippen molar-refractivity contribution in [2.75, 3.05) is 25.2 Å². The van der Waals surface area contributed by atoms with Crippen LogP contribution in [0.5, 0.6) is 0 Å². The maximum Gasteiger partial charge on any atom is 0.249 e. The highest BCUT2D eigenvalue weighted by molar-refractivity contribution is 6.01. The Kier molecular flexibility index (Phi) is 7.52. The van der Waals surface area contributed by atoms with Crippen molar-refractivity contribution in [2.45, 2.75) is 26.4 Å². The number of amides is 2. The number of aromatic nitrogens is 3. The van der Waals surface area contributed by atoms with E-state index in [9.17, 15) is 9.59 Å². The number of hydrogen-bond donors (Lipinski definition) is 1. The number of para-hydroxylation sites is 1. The Labute approximate surface area is 204 Å². The van der Waals surface area contributed by atoms with Crippen molar-refractivity contribution in [1.29, 1.82) is 0 Å². The second-order valence-electron chi connectivity index (χ2n) is 8.37. The van der Waals surface area contributed by atoms with Gasteiger partial charge in [0.25, 0.3) is 0 Å². The SMILES string of the molecule is COCCNC(=O)[C@H](c1ccccc1)N(C(=O)Cn1nnc2ccccc21)c1ccc(C)c(C)c1. The molecule has 4 rings (SSSR count). The fraction of sp³-hybridized carbons (Fsp3) is 0.259. The van der Waals surface area contributed by atoms with E-state index in [1.165, 1.54) is 0 Å². The van der Waals surface area contributed by atoms with Crippen molar-refractivity contribution in [1.82, 2.24) is 20.3 Å². The number of nitrogens with zero attached hydrogens (tertiary/aromatic N) is 4. The number of aryl methyl sites for hydroxylation is 2. The van der Waals surface area contributed by atoms with E-state index in [1.54, 1.807) is 16.7 Å². The van der Waals surface area contributed by atoms with Gasteiger partial charge in [0.2, 0.25) is 11.8 Å². The fourth-order valence-corrected chi connectivity index (χ4v) is 3.98. The van der Waals surface area contributed by atoms with Crippen LogP contribution in [0.4, 0.5) is 5.69 Å². The number of methoxy groups -OCH3 is 1. The van der Waals surface area contributed by atoms with Gasteiger partial charge in [0.15, 0.2) is 0 Å². The van der Waals surface area contributed by atoms with Crippen molar-refractivity contribution in [3.8, 4) is 0 Å². The Morgan fingerprint density at radius 2 is 1.74 bits per heavy atom. The van der Waals surface area contributed by atoms with Gasteiger partial charge < -0.3 is 10.1 Å². The summed E-state index contributed by atoms with van der Waals surface area (Å²) < 4.78 is 6.66. The minimum atomic E-state index is -0.877. The third-order valence-electron chi connectivity index (χ3n) is 5.97. The van der Waals surface area contributed by atoms with E-state index in [0.717, 1.165) is 16.6 Å². The van der Waals surface area contributed by atoms with E-state index < -0.39 is 6.04 Å². The van der Waals surface area contributed by atoms with Gasteiger partial charge in [0.1, 0.15) is 18.1 Å². The minimum Gasteiger partial charge on any atom is -0.383 e. The fourth-order valence-electron chi connectivity index (χ4n) is 3.98. The first-order valence-electron chi connectivity index (χ1n) is 11.5. The molecule has 0 unspecified atom stereocenters. The number of rotatable bonds is 9. The van der Waals surface area contributed by atoms with E-state index in [-0.39, 0.29) is 18.4 Å². The molecular formula is C27H29N5O3. The van der Waals surface area contributed by atoms with Crippen LogP contribution >= 0.6 is 0 Å². The van der Waals surface area contributed by atoms with E-state index in [0.29, 0.717) is 29.9 Å². The predicted molar refractivity (Wildman–Crippen MR) is 135 cm³/mol. The largest absolute Gasteiger partial charge is 0.383 e. The standard InChI is InChI=1S/C27H29N5O3/c1-19-13-14-22(17-20(19)2)32(25(33)18-31-24-12-8-7-11-23(24)29-30-31)26(21-9-5-4-6-10-21)27(34)28-15-16-35-3/h4-14,17,26H,15-16,18H2,1-3H3,(H,28,34)/t26-/m0/s1. The summed E-state index contributed by atoms with van der Waals surface area (Å²) in [6.07, 6.45) is 0. The number of carbonyl (C=O) groups excluding carboxylic acids is 2. The van der Waals surface area contributed by atoms with Crippen LogP contribution in [0.25, 0.3) is 11.0 Å². The van der Waals surface area contributed by atoms with Crippen molar-refractivity contribution in [3.63, 3.8) is 0 Å². The molecule has 0 aliphatic rings. The molecule has 0 bridgehead atoms. The molecule has 0 radical (unpaired) electrons. The molecule has 4 aromatic rings. The number of nitrogens with one attached hydrogen (secondary N) is 1. The lowest BCUT2D eigenvalue weighted by atomic mass is 10.0. The third-order valence-corrected chi connectivity index (χ3v) is 5.97. The van der Waals surface area contributed by atoms with Gasteiger partial charge in [-0.15, -0.1) is 5.10 Å². The van der Waals surface area contributed by atoms with Gasteiger partial charge in [0, 0.05) is 19.3 Å². The predicted octanol–water partition coefficient (Wildman–Crippen LogP) is 3.59. The summed E-state index contributed by atoms with van der Waals surface area (Å²) in [4.78, 5) is 29.0. The average Bonchev–Trinajstić information content (AvgIpc) is 3.27. The van der Waals surface area contributed by atoms with Crippen LogP contribution in [0.2, 0.25) is 0 Å². The van der Waals surface area contributed by atoms with Crippen molar-refractivity contribution >= 4 is 28.5 Å². The first-order chi connectivity index (χ1) is 17.0. The number of hydrogen-bond acceptors (Lipinski definition) is 5. The molecule has 0 saturated heterocycles. The molecular weight excluding hydrogens is 442 g/mol. The number of benzene rings is 3. The number of ether oxygens (including phenoxy) is 1. The molecule has 8 nitrogen and oxygen atoms in total. The molecule has 8 heteroatoms. The average molecular weight is 472 g/mol. The Morgan fingerprint density at radius 3 is 2.49 bits per heavy atom. The summed E-state index contributed by atoms with van der Waals surface area (Å²) in [5, 5.41) is 11.3. The lowest BCUT2D eigenvalue weighted by Crippen LogP contribution is -2.46. The van der Waals surface area contributed by atoms with Gasteiger partial charge in [-0.3, -0.25) is 14.5 Å². The van der Waals surface area contributed by atoms with Gasteiger partial charge in [0.05, 0.1) is 12.1 Å². The third kappa shape index (κ3) is 5.38. The second-order valence-corrected chi connectivity index (χ2v) is 8.37. The summed E-state index contributed by atoms with van der Waals surface area (Å²) in [5.74, 6) is -0.567. The Hall–Kier alpha value is -4.04. The molecule has 2 amide bonds. The van der Waals surface area contributed by atoms with Gasteiger partial charge in [-0.25, -0.2) is 4.68 Å². The van der Waals surface area contributed by atoms with Crippen LogP contribution in [0.15, 0.2) is 72.8 Å². The van der Waals surface area contributed by atoms with Crippen molar-refractivity contribution < 1.29 is 14.3 Å². The number of fused-ring (bicyclic) bond motifs is 1. The van der Waals surface area contributed by atoms with E-state index >= 15 is 0 Å². The summed E-state index contributed by atoms with van der Waals surface area (Å²) in [6.45, 7) is 4.64. The molecule has 35 heavy (non-hydrogen) atoms. The first-order valence-corrected chi connectivity index (χ1v) is 11.5. The molecule has 0 spiro atoms. The zero-order chi connectivity index (χ0) is 24.8. The Morgan fingerprint density at radius 1 is 1.00 bits per heavy atom. The lowest BCUT2D eigenvalue weighted by molar-refractivity contribution is -0.127. The van der Waals surface area contributed by atoms with Crippen LogP contribution in [0.1, 0.15) is 22.7 Å².